The Morgan fingerprint density at radius 2 is 1.04 bits per heavy atom. The van der Waals surface area contributed by atoms with Gasteiger partial charge in [-0.3, -0.25) is 33.7 Å². The van der Waals surface area contributed by atoms with Gasteiger partial charge in [-0.05, 0) is 176 Å². The van der Waals surface area contributed by atoms with E-state index in [1.165, 1.54) is 47.2 Å². The Bertz CT molecular complexity index is 2510. The maximum atomic E-state index is 14.1. The van der Waals surface area contributed by atoms with Gasteiger partial charge < -0.3 is 30.4 Å². The van der Waals surface area contributed by atoms with Gasteiger partial charge in [0, 0.05) is 47.8 Å². The zero-order chi connectivity index (χ0) is 52.2. The van der Waals surface area contributed by atoms with Crippen molar-refractivity contribution in [3.63, 3.8) is 0 Å². The van der Waals surface area contributed by atoms with Gasteiger partial charge in [-0.2, -0.15) is 0 Å². The Kier molecular flexibility index (Phi) is 17.5. The van der Waals surface area contributed by atoms with Crippen LogP contribution in [-0.4, -0.2) is 93.8 Å². The third kappa shape index (κ3) is 11.7. The van der Waals surface area contributed by atoms with Crippen LogP contribution in [0.2, 0.25) is 0 Å². The number of carboxylic acids is 3. The molecule has 2 aromatic rings. The quantitative estimate of drug-likeness (QED) is 0.147. The first kappa shape index (κ1) is 54.1. The number of hydrogen-bond acceptors (Lipinski definition) is 10. The predicted molar refractivity (Wildman–Crippen MR) is 281 cm³/mol. The lowest BCUT2D eigenvalue weighted by Crippen LogP contribution is -2.51. The molecule has 0 aromatic carbocycles. The van der Waals surface area contributed by atoms with Crippen LogP contribution < -0.4 is 15.1 Å². The van der Waals surface area contributed by atoms with E-state index >= 15 is 0 Å². The van der Waals surface area contributed by atoms with E-state index in [-0.39, 0.29) is 69.5 Å². The van der Waals surface area contributed by atoms with Crippen molar-refractivity contribution in [3.05, 3.63) is 43.8 Å². The summed E-state index contributed by atoms with van der Waals surface area (Å²) in [6, 6.07) is 2.99. The molecule has 2 aromatic heterocycles. The monoisotopic (exact) mass is 1040 g/mol. The Labute approximate surface area is 436 Å². The topological polar surface area (TPSA) is 219 Å². The lowest BCUT2D eigenvalue weighted by molar-refractivity contribution is -0.149. The number of aliphatic carboxylic acids is 1. The molecule has 17 heteroatoms. The van der Waals surface area contributed by atoms with Crippen molar-refractivity contribution in [3.8, 4) is 0 Å². The lowest BCUT2D eigenvalue weighted by Gasteiger charge is -2.41. The number of nitrogens with one attached hydrogen (secondary N) is 1. The van der Waals surface area contributed by atoms with Crippen LogP contribution in [0.3, 0.4) is 0 Å². The molecule has 4 N–H and O–H groups in total. The van der Waals surface area contributed by atoms with Gasteiger partial charge in [0.15, 0.2) is 0 Å². The van der Waals surface area contributed by atoms with Crippen LogP contribution in [0.25, 0.3) is 11.1 Å². The van der Waals surface area contributed by atoms with Crippen LogP contribution in [0.1, 0.15) is 184 Å². The third-order valence-corrected chi connectivity index (χ3v) is 19.7. The summed E-state index contributed by atoms with van der Waals surface area (Å²) < 4.78 is 0. The number of hydrogen-bond donors (Lipinski definition) is 4. The Balaban J connectivity index is 0.000000195. The Morgan fingerprint density at radius 1 is 0.589 bits per heavy atom. The number of nitrogens with zero attached hydrogens (tertiary/aromatic N) is 3. The number of likely N-dealkylation sites (tertiary alicyclic amines) is 1. The molecule has 396 valence electrons. The first-order valence-corrected chi connectivity index (χ1v) is 28.6. The summed E-state index contributed by atoms with van der Waals surface area (Å²) in [7, 11) is 3.04. The van der Waals surface area contributed by atoms with Crippen LogP contribution in [-0.2, 0) is 28.8 Å². The standard InChI is InChI=1S/C28H38N2O6S.C28H36N2O5S/c1-16-8-10-18(11-9-16)26(32)30(19-12-13-20(25(31)29-2)21(14-19)27(33)34)22-15-23(37-24(22)28(35)36)17-6-4-3-5-7-17;1-16-8-10-18(11-9-16)25(31)30(19-12-13-20-21(14-19)27(33)29(2)26(20)32)22-15-23(36-24(22)28(34)35)17-6-4-3-5-7-17/h6,15-16,18-21H,3-5,7-14H2,1-2H3,(H,29,31)(H,33,34)(H,35,36);6,15-16,18-21H,3-5,7-14H2,1-2H3,(H,34,35). The molecule has 0 spiro atoms. The minimum atomic E-state index is -1.08. The molecule has 15 nitrogen and oxygen atoms in total. The van der Waals surface area contributed by atoms with Crippen LogP contribution in [0.5, 0.6) is 0 Å². The average Bonchev–Trinajstić information content (AvgIpc) is 4.10. The van der Waals surface area contributed by atoms with Crippen molar-refractivity contribution in [2.24, 2.45) is 47.3 Å². The summed E-state index contributed by atoms with van der Waals surface area (Å²) in [5.74, 6) is -5.46. The molecule has 4 saturated carbocycles. The van der Waals surface area contributed by atoms with Gasteiger partial charge in [-0.1, -0.05) is 26.0 Å². The molecule has 73 heavy (non-hydrogen) atoms. The predicted octanol–water partition coefficient (Wildman–Crippen LogP) is 10.5. The van der Waals surface area contributed by atoms with Crippen molar-refractivity contribution < 1.29 is 53.7 Å². The fourth-order valence-electron chi connectivity index (χ4n) is 13.0. The number of aromatic carboxylic acids is 2. The molecule has 6 unspecified atom stereocenters. The maximum Gasteiger partial charge on any atom is 0.348 e. The molecule has 9 rings (SSSR count). The number of anilines is 2. The summed E-state index contributed by atoms with van der Waals surface area (Å²) in [4.78, 5) is 110. The smallest absolute Gasteiger partial charge is 0.348 e. The minimum Gasteiger partial charge on any atom is -0.481 e. The highest BCUT2D eigenvalue weighted by atomic mass is 32.1. The fourth-order valence-corrected chi connectivity index (χ4v) is 15.1. The SMILES string of the molecule is CC1CCC(C(=O)N(c2cc(C3=CCCCC3)sc2C(=O)O)C2CCC3C(=O)N(C)C(=O)C3C2)CC1.CNC(=O)C1CCC(N(C(=O)C2CCC(C)CC2)c2cc(C3=CCCCC3)sc2C(=O)O)CC1C(=O)O. The van der Waals surface area contributed by atoms with Gasteiger partial charge in [0.05, 0.1) is 35.0 Å². The maximum absolute atomic E-state index is 14.1. The third-order valence-electron chi connectivity index (χ3n) is 17.3. The van der Waals surface area contributed by atoms with Gasteiger partial charge >= 0.3 is 17.9 Å². The second-order valence-electron chi connectivity index (χ2n) is 22.1. The highest BCUT2D eigenvalue weighted by Crippen LogP contribution is 2.47. The molecule has 0 radical (unpaired) electrons. The van der Waals surface area contributed by atoms with E-state index in [1.54, 1.807) is 9.80 Å². The molecule has 6 aliphatic carbocycles. The van der Waals surface area contributed by atoms with Crippen molar-refractivity contribution in [2.45, 2.75) is 167 Å². The van der Waals surface area contributed by atoms with E-state index in [1.807, 2.05) is 12.1 Å². The summed E-state index contributed by atoms with van der Waals surface area (Å²) in [5.41, 5.74) is 3.15. The van der Waals surface area contributed by atoms with E-state index in [9.17, 15) is 53.7 Å². The Morgan fingerprint density at radius 3 is 1.47 bits per heavy atom. The van der Waals surface area contributed by atoms with Crippen molar-refractivity contribution in [1.82, 2.24) is 10.2 Å². The Hall–Kier alpha value is -5.16. The summed E-state index contributed by atoms with van der Waals surface area (Å²) >= 11 is 2.47. The molecule has 0 bridgehead atoms. The number of imide groups is 1. The highest BCUT2D eigenvalue weighted by molar-refractivity contribution is 7.16. The molecule has 7 aliphatic rings. The van der Waals surface area contributed by atoms with E-state index in [0.29, 0.717) is 55.3 Å². The van der Waals surface area contributed by atoms with Crippen LogP contribution in [0, 0.1) is 47.3 Å². The fraction of sp³-hybridized carbons (Fsp3) is 0.643. The lowest BCUT2D eigenvalue weighted by atomic mass is 9.75. The number of thiophene rings is 2. The average molecular weight is 1040 g/mol. The summed E-state index contributed by atoms with van der Waals surface area (Å²) in [6.45, 7) is 4.39. The number of carboxylic acid groups (broad SMARTS) is 3. The number of rotatable bonds is 12. The number of allylic oxidation sites excluding steroid dienone is 4. The summed E-state index contributed by atoms with van der Waals surface area (Å²) in [6.07, 6.45) is 21.9. The second-order valence-corrected chi connectivity index (χ2v) is 24.2. The van der Waals surface area contributed by atoms with Gasteiger partial charge in [0.1, 0.15) is 9.75 Å². The van der Waals surface area contributed by atoms with E-state index in [2.05, 4.69) is 31.3 Å². The molecule has 6 atom stereocenters. The zero-order valence-corrected chi connectivity index (χ0v) is 44.5. The zero-order valence-electron chi connectivity index (χ0n) is 42.9. The first-order valence-electron chi connectivity index (χ1n) is 27.0. The molecular formula is C56H74N4O11S2. The molecular weight excluding hydrogens is 969 g/mol. The number of fused-ring (bicyclic) bond motifs is 1. The number of carbonyl (C=O) groups is 8. The molecule has 5 fully saturated rings. The summed E-state index contributed by atoms with van der Waals surface area (Å²) in [5, 5.41) is 32.9. The van der Waals surface area contributed by atoms with E-state index < -0.39 is 41.7 Å². The van der Waals surface area contributed by atoms with Gasteiger partial charge in [-0.25, -0.2) is 9.59 Å². The normalized spacial score (nSPS) is 29.4. The highest BCUT2D eigenvalue weighted by Gasteiger charge is 2.51. The second kappa shape index (κ2) is 23.6. The van der Waals surface area contributed by atoms with Crippen molar-refractivity contribution >= 4 is 92.6 Å². The minimum absolute atomic E-state index is 0.0139. The van der Waals surface area contributed by atoms with Gasteiger partial charge in [0.2, 0.25) is 29.5 Å². The molecule has 1 aliphatic heterocycles. The first-order chi connectivity index (χ1) is 35.0. The molecule has 3 heterocycles. The number of amides is 5. The van der Waals surface area contributed by atoms with Gasteiger partial charge in [-0.15, -0.1) is 22.7 Å². The van der Waals surface area contributed by atoms with E-state index in [4.69, 9.17) is 0 Å². The number of carbonyl (C=O) groups excluding carboxylic acids is 5. The molecule has 1 saturated heterocycles. The van der Waals surface area contributed by atoms with Crippen molar-refractivity contribution in [2.75, 3.05) is 23.9 Å². The van der Waals surface area contributed by atoms with E-state index in [0.717, 1.165) is 118 Å². The van der Waals surface area contributed by atoms with Crippen LogP contribution in [0.15, 0.2) is 24.3 Å². The largest absolute Gasteiger partial charge is 0.481 e. The van der Waals surface area contributed by atoms with Crippen LogP contribution in [0.4, 0.5) is 11.4 Å². The molecule has 5 amide bonds. The van der Waals surface area contributed by atoms with Crippen molar-refractivity contribution in [1.29, 1.82) is 0 Å². The van der Waals surface area contributed by atoms with Gasteiger partial charge in [0.25, 0.3) is 0 Å². The van der Waals surface area contributed by atoms with Crippen LogP contribution >= 0.6 is 22.7 Å².